The van der Waals surface area contributed by atoms with Crippen LogP contribution in [0.25, 0.3) is 11.3 Å². The number of carbonyl (C=O) groups is 1. The SMILES string of the molecule is CCc1ccc(OC(C)C(=O)NCCOc2ccc(-c3ccc(F)cc3)nn2)cc1. The number of ether oxygens (including phenoxy) is 2. The molecule has 1 unspecified atom stereocenters. The number of amides is 1. The predicted octanol–water partition coefficient (Wildman–Crippen LogP) is 3.81. The smallest absolute Gasteiger partial charge is 0.260 e. The van der Waals surface area contributed by atoms with Crippen molar-refractivity contribution in [3.63, 3.8) is 0 Å². The fourth-order valence-corrected chi connectivity index (χ4v) is 2.71. The molecule has 0 fully saturated rings. The minimum atomic E-state index is -0.618. The van der Waals surface area contributed by atoms with E-state index in [4.69, 9.17) is 9.47 Å². The lowest BCUT2D eigenvalue weighted by Crippen LogP contribution is -2.38. The first-order valence-corrected chi connectivity index (χ1v) is 9.81. The van der Waals surface area contributed by atoms with E-state index in [9.17, 15) is 9.18 Å². The summed E-state index contributed by atoms with van der Waals surface area (Å²) in [7, 11) is 0. The molecule has 3 rings (SSSR count). The fraction of sp³-hybridized carbons (Fsp3) is 0.261. The first-order valence-electron chi connectivity index (χ1n) is 9.81. The summed E-state index contributed by atoms with van der Waals surface area (Å²) in [4.78, 5) is 12.2. The number of rotatable bonds is 9. The van der Waals surface area contributed by atoms with Crippen molar-refractivity contribution in [3.8, 4) is 22.9 Å². The maximum Gasteiger partial charge on any atom is 0.260 e. The molecular weight excluding hydrogens is 385 g/mol. The summed E-state index contributed by atoms with van der Waals surface area (Å²) in [5.74, 6) is 0.469. The van der Waals surface area contributed by atoms with Gasteiger partial charge >= 0.3 is 0 Å². The highest BCUT2D eigenvalue weighted by molar-refractivity contribution is 5.80. The van der Waals surface area contributed by atoms with Gasteiger partial charge in [0, 0.05) is 11.6 Å². The van der Waals surface area contributed by atoms with Gasteiger partial charge < -0.3 is 14.8 Å². The molecule has 3 aromatic rings. The van der Waals surface area contributed by atoms with E-state index in [1.807, 2.05) is 24.3 Å². The Balaban J connectivity index is 1.40. The van der Waals surface area contributed by atoms with Crippen molar-refractivity contribution in [2.24, 2.45) is 0 Å². The second-order valence-electron chi connectivity index (χ2n) is 6.66. The molecule has 0 aliphatic carbocycles. The quantitative estimate of drug-likeness (QED) is 0.544. The van der Waals surface area contributed by atoms with Crippen LogP contribution in [-0.4, -0.2) is 35.4 Å². The predicted molar refractivity (Wildman–Crippen MR) is 112 cm³/mol. The molecule has 0 aliphatic rings. The third-order valence-electron chi connectivity index (χ3n) is 4.44. The van der Waals surface area contributed by atoms with E-state index in [1.165, 1.54) is 17.7 Å². The lowest BCUT2D eigenvalue weighted by molar-refractivity contribution is -0.127. The first kappa shape index (κ1) is 21.2. The summed E-state index contributed by atoms with van der Waals surface area (Å²) in [6.07, 6.45) is 0.336. The molecule has 2 aromatic carbocycles. The van der Waals surface area contributed by atoms with Gasteiger partial charge in [-0.15, -0.1) is 10.2 Å². The summed E-state index contributed by atoms with van der Waals surface area (Å²) in [6.45, 7) is 4.33. The van der Waals surface area contributed by atoms with Gasteiger partial charge in [-0.2, -0.15) is 0 Å². The van der Waals surface area contributed by atoms with Crippen molar-refractivity contribution >= 4 is 5.91 Å². The van der Waals surface area contributed by atoms with E-state index >= 15 is 0 Å². The summed E-state index contributed by atoms with van der Waals surface area (Å²) in [5, 5.41) is 10.8. The van der Waals surface area contributed by atoms with E-state index in [2.05, 4.69) is 22.4 Å². The highest BCUT2D eigenvalue weighted by Crippen LogP contribution is 2.18. The standard InChI is InChI=1S/C23H24FN3O3/c1-3-17-4-10-20(11-5-17)30-16(2)23(28)25-14-15-29-22-13-12-21(26-27-22)18-6-8-19(24)9-7-18/h4-13,16H,3,14-15H2,1-2H3,(H,25,28). The number of aromatic nitrogens is 2. The van der Waals surface area contributed by atoms with Crippen molar-refractivity contribution in [3.05, 3.63) is 72.0 Å². The minimum Gasteiger partial charge on any atom is -0.481 e. The van der Waals surface area contributed by atoms with E-state index in [0.29, 0.717) is 23.9 Å². The number of hydrogen-bond donors (Lipinski definition) is 1. The second-order valence-corrected chi connectivity index (χ2v) is 6.66. The van der Waals surface area contributed by atoms with E-state index in [-0.39, 0.29) is 18.3 Å². The monoisotopic (exact) mass is 409 g/mol. The van der Waals surface area contributed by atoms with Crippen LogP contribution in [0.5, 0.6) is 11.6 Å². The lowest BCUT2D eigenvalue weighted by atomic mass is 10.1. The Bertz CT molecular complexity index is 945. The molecule has 0 aliphatic heterocycles. The van der Waals surface area contributed by atoms with E-state index in [0.717, 1.165) is 12.0 Å². The number of hydrogen-bond acceptors (Lipinski definition) is 5. The molecule has 0 bridgehead atoms. The van der Waals surface area contributed by atoms with Gasteiger partial charge in [-0.1, -0.05) is 19.1 Å². The molecule has 1 aromatic heterocycles. The molecule has 0 saturated carbocycles. The molecule has 156 valence electrons. The third-order valence-corrected chi connectivity index (χ3v) is 4.44. The summed E-state index contributed by atoms with van der Waals surface area (Å²) >= 11 is 0. The van der Waals surface area contributed by atoms with Crippen molar-refractivity contribution in [1.82, 2.24) is 15.5 Å². The number of nitrogens with zero attached hydrogens (tertiary/aromatic N) is 2. The Labute approximate surface area is 175 Å². The largest absolute Gasteiger partial charge is 0.481 e. The van der Waals surface area contributed by atoms with Crippen LogP contribution in [0.2, 0.25) is 0 Å². The zero-order valence-corrected chi connectivity index (χ0v) is 17.0. The zero-order valence-electron chi connectivity index (χ0n) is 17.0. The van der Waals surface area contributed by atoms with Crippen molar-refractivity contribution in [2.75, 3.05) is 13.2 Å². The maximum atomic E-state index is 13.0. The summed E-state index contributed by atoms with van der Waals surface area (Å²) in [5.41, 5.74) is 2.60. The third kappa shape index (κ3) is 6.01. The Hall–Kier alpha value is -3.48. The summed E-state index contributed by atoms with van der Waals surface area (Å²) < 4.78 is 24.1. The van der Waals surface area contributed by atoms with Crippen molar-refractivity contribution in [2.45, 2.75) is 26.4 Å². The fourth-order valence-electron chi connectivity index (χ4n) is 2.71. The van der Waals surface area contributed by atoms with Crippen LogP contribution in [-0.2, 0) is 11.2 Å². The van der Waals surface area contributed by atoms with Gasteiger partial charge in [0.15, 0.2) is 6.10 Å². The molecule has 1 N–H and O–H groups in total. The Morgan fingerprint density at radius 1 is 1.03 bits per heavy atom. The van der Waals surface area contributed by atoms with Crippen molar-refractivity contribution < 1.29 is 18.7 Å². The Morgan fingerprint density at radius 3 is 2.40 bits per heavy atom. The number of benzene rings is 2. The lowest BCUT2D eigenvalue weighted by Gasteiger charge is -2.15. The zero-order chi connectivity index (χ0) is 21.3. The maximum absolute atomic E-state index is 13.0. The Morgan fingerprint density at radius 2 is 1.77 bits per heavy atom. The van der Waals surface area contributed by atoms with E-state index in [1.54, 1.807) is 31.2 Å². The van der Waals surface area contributed by atoms with Crippen molar-refractivity contribution in [1.29, 1.82) is 0 Å². The molecule has 0 radical (unpaired) electrons. The van der Waals surface area contributed by atoms with Gasteiger partial charge in [-0.25, -0.2) is 4.39 Å². The van der Waals surface area contributed by atoms with Gasteiger partial charge in [-0.05, 0) is 61.4 Å². The molecule has 1 atom stereocenters. The van der Waals surface area contributed by atoms with Crippen LogP contribution < -0.4 is 14.8 Å². The normalized spacial score (nSPS) is 11.6. The second kappa shape index (κ2) is 10.3. The van der Waals surface area contributed by atoms with Gasteiger partial charge in [0.2, 0.25) is 5.88 Å². The molecule has 0 saturated heterocycles. The average Bonchev–Trinajstić information content (AvgIpc) is 2.78. The molecule has 6 nitrogen and oxygen atoms in total. The van der Waals surface area contributed by atoms with Gasteiger partial charge in [0.1, 0.15) is 18.2 Å². The number of carbonyl (C=O) groups excluding carboxylic acids is 1. The van der Waals surface area contributed by atoms with Crippen LogP contribution in [0.15, 0.2) is 60.7 Å². The summed E-state index contributed by atoms with van der Waals surface area (Å²) in [6, 6.07) is 17.1. The van der Waals surface area contributed by atoms with Crippen LogP contribution in [0.4, 0.5) is 4.39 Å². The molecular formula is C23H24FN3O3. The van der Waals surface area contributed by atoms with Crippen LogP contribution in [0.1, 0.15) is 19.4 Å². The Kier molecular flexibility index (Phi) is 7.32. The number of aryl methyl sites for hydroxylation is 1. The molecule has 7 heteroatoms. The highest BCUT2D eigenvalue weighted by Gasteiger charge is 2.14. The number of halogens is 1. The molecule has 1 heterocycles. The van der Waals surface area contributed by atoms with E-state index < -0.39 is 6.10 Å². The topological polar surface area (TPSA) is 73.3 Å². The van der Waals surface area contributed by atoms with Crippen LogP contribution in [0, 0.1) is 5.82 Å². The molecule has 30 heavy (non-hydrogen) atoms. The molecule has 1 amide bonds. The highest BCUT2D eigenvalue weighted by atomic mass is 19.1. The van der Waals surface area contributed by atoms with Crippen LogP contribution in [0.3, 0.4) is 0 Å². The van der Waals surface area contributed by atoms with Gasteiger partial charge in [-0.3, -0.25) is 4.79 Å². The number of nitrogens with one attached hydrogen (secondary N) is 1. The first-order chi connectivity index (χ1) is 14.5. The average molecular weight is 409 g/mol. The van der Waals surface area contributed by atoms with Gasteiger partial charge in [0.25, 0.3) is 5.91 Å². The molecule has 0 spiro atoms. The van der Waals surface area contributed by atoms with Gasteiger partial charge in [0.05, 0.1) is 12.2 Å². The van der Waals surface area contributed by atoms with Crippen LogP contribution >= 0.6 is 0 Å². The minimum absolute atomic E-state index is 0.226.